The molecule has 8 nitrogen and oxygen atoms in total. The number of fused-ring (bicyclic) bond motifs is 1. The van der Waals surface area contributed by atoms with Crippen molar-refractivity contribution in [2.75, 3.05) is 18.6 Å². The lowest BCUT2D eigenvalue weighted by Crippen LogP contribution is -2.12. The summed E-state index contributed by atoms with van der Waals surface area (Å²) in [5.74, 6) is 0.969. The van der Waals surface area contributed by atoms with Gasteiger partial charge in [0.05, 0.1) is 13.7 Å². The van der Waals surface area contributed by atoms with Gasteiger partial charge < -0.3 is 16.2 Å². The van der Waals surface area contributed by atoms with Gasteiger partial charge in [-0.2, -0.15) is 4.98 Å². The monoisotopic (exact) mass is 286 g/mol. The first-order chi connectivity index (χ1) is 10.1. The molecule has 0 amide bonds. The molecule has 21 heavy (non-hydrogen) atoms. The first-order valence-electron chi connectivity index (χ1n) is 6.23. The molecule has 0 radical (unpaired) electrons. The Morgan fingerprint density at radius 2 is 2.14 bits per heavy atom. The number of H-pyrrole nitrogens is 1. The third-order valence-corrected chi connectivity index (χ3v) is 3.13. The minimum absolute atomic E-state index is 0.0271. The predicted molar refractivity (Wildman–Crippen MR) is 79.1 cm³/mol. The molecule has 1 aromatic carbocycles. The van der Waals surface area contributed by atoms with Gasteiger partial charge in [0.25, 0.3) is 5.56 Å². The number of nitrogens with one attached hydrogen (secondary N) is 1. The quantitative estimate of drug-likeness (QED) is 0.637. The standard InChI is InChI=1S/C13H14N6O2/c1-21-8-4-2-3-7(5-8)6-19-10-9(16-13(19)15)11(20)18-12(14)17-10/h2-5H,6H2,1H3,(H2,15,16)(H3,14,17,18,20). The lowest BCUT2D eigenvalue weighted by atomic mass is 10.2. The van der Waals surface area contributed by atoms with Crippen molar-refractivity contribution >= 4 is 23.1 Å². The summed E-state index contributed by atoms with van der Waals surface area (Å²) >= 11 is 0. The third kappa shape index (κ3) is 2.27. The molecule has 0 aliphatic carbocycles. The van der Waals surface area contributed by atoms with Crippen molar-refractivity contribution in [3.63, 3.8) is 0 Å². The highest BCUT2D eigenvalue weighted by atomic mass is 16.5. The van der Waals surface area contributed by atoms with Crippen LogP contribution in [0.2, 0.25) is 0 Å². The van der Waals surface area contributed by atoms with Gasteiger partial charge in [0.15, 0.2) is 11.2 Å². The van der Waals surface area contributed by atoms with Crippen LogP contribution in [0.15, 0.2) is 29.1 Å². The molecule has 0 unspecified atom stereocenters. The zero-order chi connectivity index (χ0) is 15.0. The summed E-state index contributed by atoms with van der Waals surface area (Å²) in [6, 6.07) is 7.52. The molecule has 2 aromatic heterocycles. The van der Waals surface area contributed by atoms with Gasteiger partial charge in [0.1, 0.15) is 5.75 Å². The van der Waals surface area contributed by atoms with Crippen LogP contribution in [0.1, 0.15) is 5.56 Å². The van der Waals surface area contributed by atoms with Crippen molar-refractivity contribution in [3.05, 3.63) is 40.2 Å². The van der Waals surface area contributed by atoms with Crippen molar-refractivity contribution in [1.82, 2.24) is 19.5 Å². The summed E-state index contributed by atoms with van der Waals surface area (Å²) < 4.78 is 6.82. The second-order valence-corrected chi connectivity index (χ2v) is 4.53. The second-order valence-electron chi connectivity index (χ2n) is 4.53. The number of nitrogens with two attached hydrogens (primary N) is 2. The summed E-state index contributed by atoms with van der Waals surface area (Å²) in [5.41, 5.74) is 12.5. The van der Waals surface area contributed by atoms with Crippen molar-refractivity contribution in [2.45, 2.75) is 6.54 Å². The normalized spacial score (nSPS) is 10.9. The summed E-state index contributed by atoms with van der Waals surface area (Å²) in [4.78, 5) is 22.3. The fourth-order valence-electron chi connectivity index (χ4n) is 2.15. The predicted octanol–water partition coefficient (Wildman–Crippen LogP) is 0.341. The van der Waals surface area contributed by atoms with Crippen molar-refractivity contribution in [3.8, 4) is 5.75 Å². The molecule has 3 rings (SSSR count). The number of hydrogen-bond acceptors (Lipinski definition) is 6. The molecule has 0 aliphatic heterocycles. The first-order valence-corrected chi connectivity index (χ1v) is 6.23. The van der Waals surface area contributed by atoms with Gasteiger partial charge in [-0.05, 0) is 17.7 Å². The lowest BCUT2D eigenvalue weighted by molar-refractivity contribution is 0.414. The maximum Gasteiger partial charge on any atom is 0.280 e. The molecule has 0 spiro atoms. The molecular weight excluding hydrogens is 272 g/mol. The van der Waals surface area contributed by atoms with E-state index in [0.717, 1.165) is 11.3 Å². The van der Waals surface area contributed by atoms with Gasteiger partial charge in [0.2, 0.25) is 11.9 Å². The Labute approximate surface area is 119 Å². The van der Waals surface area contributed by atoms with E-state index in [4.69, 9.17) is 16.2 Å². The molecule has 3 aromatic rings. The number of aromatic amines is 1. The highest BCUT2D eigenvalue weighted by molar-refractivity contribution is 5.74. The highest BCUT2D eigenvalue weighted by Crippen LogP contribution is 2.18. The van der Waals surface area contributed by atoms with Crippen LogP contribution in [0.5, 0.6) is 5.75 Å². The summed E-state index contributed by atoms with van der Waals surface area (Å²) in [6.45, 7) is 0.412. The average molecular weight is 286 g/mol. The molecule has 0 saturated carbocycles. The zero-order valence-corrected chi connectivity index (χ0v) is 11.3. The molecule has 0 aliphatic rings. The number of imidazole rings is 1. The number of anilines is 2. The number of benzene rings is 1. The second kappa shape index (κ2) is 4.82. The van der Waals surface area contributed by atoms with E-state index in [0.29, 0.717) is 12.2 Å². The van der Waals surface area contributed by atoms with Gasteiger partial charge in [-0.15, -0.1) is 0 Å². The average Bonchev–Trinajstić information content (AvgIpc) is 2.77. The lowest BCUT2D eigenvalue weighted by Gasteiger charge is -2.07. The Balaban J connectivity index is 2.11. The molecule has 0 saturated heterocycles. The van der Waals surface area contributed by atoms with E-state index < -0.39 is 5.56 Å². The SMILES string of the molecule is COc1cccc(Cn2c(N)nc3c(=O)[nH]c(N)nc32)c1. The van der Waals surface area contributed by atoms with E-state index in [9.17, 15) is 4.79 Å². The van der Waals surface area contributed by atoms with Crippen molar-refractivity contribution in [2.24, 2.45) is 0 Å². The number of nitrogen functional groups attached to an aromatic ring is 2. The third-order valence-electron chi connectivity index (χ3n) is 3.13. The zero-order valence-electron chi connectivity index (χ0n) is 11.3. The summed E-state index contributed by atoms with van der Waals surface area (Å²) in [5, 5.41) is 0. The Bertz CT molecular complexity index is 867. The Hall–Kier alpha value is -3.03. The number of rotatable bonds is 3. The van der Waals surface area contributed by atoms with Crippen LogP contribution in [-0.2, 0) is 6.54 Å². The van der Waals surface area contributed by atoms with E-state index in [1.165, 1.54) is 0 Å². The van der Waals surface area contributed by atoms with Crippen LogP contribution in [-0.4, -0.2) is 26.6 Å². The molecule has 5 N–H and O–H groups in total. The molecule has 2 heterocycles. The smallest absolute Gasteiger partial charge is 0.280 e. The minimum Gasteiger partial charge on any atom is -0.497 e. The van der Waals surface area contributed by atoms with Gasteiger partial charge in [-0.1, -0.05) is 12.1 Å². The van der Waals surface area contributed by atoms with Crippen LogP contribution in [0.25, 0.3) is 11.2 Å². The topological polar surface area (TPSA) is 125 Å². The van der Waals surface area contributed by atoms with E-state index in [1.54, 1.807) is 11.7 Å². The van der Waals surface area contributed by atoms with Gasteiger partial charge in [-0.3, -0.25) is 14.3 Å². The van der Waals surface area contributed by atoms with E-state index in [-0.39, 0.29) is 17.4 Å². The Morgan fingerprint density at radius 3 is 2.90 bits per heavy atom. The fourth-order valence-corrected chi connectivity index (χ4v) is 2.15. The van der Waals surface area contributed by atoms with E-state index >= 15 is 0 Å². The highest BCUT2D eigenvalue weighted by Gasteiger charge is 2.14. The molecule has 0 atom stereocenters. The largest absolute Gasteiger partial charge is 0.497 e. The van der Waals surface area contributed by atoms with Crippen LogP contribution >= 0.6 is 0 Å². The number of aromatic nitrogens is 4. The molecule has 0 bridgehead atoms. The summed E-state index contributed by atoms with van der Waals surface area (Å²) in [7, 11) is 1.60. The van der Waals surface area contributed by atoms with Crippen LogP contribution in [0.3, 0.4) is 0 Å². The maximum absolute atomic E-state index is 11.8. The van der Waals surface area contributed by atoms with Crippen LogP contribution < -0.4 is 21.8 Å². The fraction of sp³-hybridized carbons (Fsp3) is 0.154. The van der Waals surface area contributed by atoms with Gasteiger partial charge >= 0.3 is 0 Å². The van der Waals surface area contributed by atoms with Crippen molar-refractivity contribution in [1.29, 1.82) is 0 Å². The molecular formula is C13H14N6O2. The number of ether oxygens (including phenoxy) is 1. The van der Waals surface area contributed by atoms with Crippen molar-refractivity contribution < 1.29 is 4.74 Å². The molecule has 8 heteroatoms. The Kier molecular flexibility index (Phi) is 2.98. The number of methoxy groups -OCH3 is 1. The van der Waals surface area contributed by atoms with E-state index in [2.05, 4.69) is 15.0 Å². The number of hydrogen-bond donors (Lipinski definition) is 3. The van der Waals surface area contributed by atoms with Crippen LogP contribution in [0.4, 0.5) is 11.9 Å². The Morgan fingerprint density at radius 1 is 1.33 bits per heavy atom. The maximum atomic E-state index is 11.8. The molecule has 108 valence electrons. The molecule has 0 fully saturated rings. The van der Waals surface area contributed by atoms with E-state index in [1.807, 2.05) is 24.3 Å². The number of nitrogens with zero attached hydrogens (tertiary/aromatic N) is 3. The summed E-state index contributed by atoms with van der Waals surface area (Å²) in [6.07, 6.45) is 0. The first kappa shape index (κ1) is 13.0. The van der Waals surface area contributed by atoms with Gasteiger partial charge in [0, 0.05) is 0 Å². The van der Waals surface area contributed by atoms with Gasteiger partial charge in [-0.25, -0.2) is 4.98 Å². The minimum atomic E-state index is -0.409. The van der Waals surface area contributed by atoms with Crippen LogP contribution in [0, 0.1) is 0 Å².